The van der Waals surface area contributed by atoms with Crippen LogP contribution in [0.25, 0.3) is 0 Å². The van der Waals surface area contributed by atoms with Crippen LogP contribution in [-0.2, 0) is 19.5 Å². The molecule has 0 saturated heterocycles. The van der Waals surface area contributed by atoms with Crippen LogP contribution in [0, 0.1) is 0 Å². The first-order chi connectivity index (χ1) is 12.6. The quantitative estimate of drug-likeness (QED) is 0.900. The zero-order valence-electron chi connectivity index (χ0n) is 14.8. The first-order valence-electron chi connectivity index (χ1n) is 9.13. The molecule has 0 aliphatic carbocycles. The number of rotatable bonds is 5. The third-order valence-corrected chi connectivity index (χ3v) is 5.39. The molecule has 0 fully saturated rings. The van der Waals surface area contributed by atoms with Gasteiger partial charge in [-0.3, -0.25) is 14.5 Å². The van der Waals surface area contributed by atoms with Gasteiger partial charge in [-0.2, -0.15) is 0 Å². The molecule has 2 aliphatic heterocycles. The van der Waals surface area contributed by atoms with Crippen molar-refractivity contribution in [3.63, 3.8) is 0 Å². The Balaban J connectivity index is 1.35. The zero-order chi connectivity index (χ0) is 18.1. The maximum atomic E-state index is 12.7. The summed E-state index contributed by atoms with van der Waals surface area (Å²) in [6.45, 7) is 4.28. The number of nitrogens with two attached hydrogens (primary N) is 1. The summed E-state index contributed by atoms with van der Waals surface area (Å²) in [5.41, 5.74) is 10.0. The van der Waals surface area contributed by atoms with Gasteiger partial charge in [-0.05, 0) is 35.6 Å². The Hall–Kier alpha value is -2.66. The molecule has 2 aromatic rings. The van der Waals surface area contributed by atoms with Crippen LogP contribution in [0.4, 0.5) is 0 Å². The molecule has 0 aromatic heterocycles. The van der Waals surface area contributed by atoms with Gasteiger partial charge in [0.1, 0.15) is 0 Å². The Morgan fingerprint density at radius 1 is 0.962 bits per heavy atom. The predicted molar refractivity (Wildman–Crippen MR) is 99.7 cm³/mol. The van der Waals surface area contributed by atoms with Gasteiger partial charge in [-0.25, -0.2) is 0 Å². The van der Waals surface area contributed by atoms with Crippen molar-refractivity contribution in [2.45, 2.75) is 25.9 Å². The van der Waals surface area contributed by atoms with Crippen LogP contribution in [0.15, 0.2) is 42.5 Å². The fraction of sp³-hybridized carbons (Fsp3) is 0.333. The number of amides is 2. The van der Waals surface area contributed by atoms with Gasteiger partial charge in [0.15, 0.2) is 0 Å². The molecule has 0 unspecified atom stereocenters. The van der Waals surface area contributed by atoms with Crippen molar-refractivity contribution in [2.75, 3.05) is 19.6 Å². The van der Waals surface area contributed by atoms with Crippen LogP contribution in [0.1, 0.15) is 43.8 Å². The number of carbonyl (C=O) groups is 2. The topological polar surface area (TPSA) is 66.6 Å². The summed E-state index contributed by atoms with van der Waals surface area (Å²) in [5, 5.41) is 0. The van der Waals surface area contributed by atoms with E-state index in [0.717, 1.165) is 38.0 Å². The average Bonchev–Trinajstić information content (AvgIpc) is 2.97. The lowest BCUT2D eigenvalue weighted by atomic mass is 10.00. The van der Waals surface area contributed by atoms with Crippen molar-refractivity contribution in [1.29, 1.82) is 0 Å². The molecule has 0 radical (unpaired) electrons. The van der Waals surface area contributed by atoms with Gasteiger partial charge in [0.05, 0.1) is 11.1 Å². The molecule has 0 spiro atoms. The van der Waals surface area contributed by atoms with Crippen molar-refractivity contribution in [1.82, 2.24) is 9.80 Å². The highest BCUT2D eigenvalue weighted by molar-refractivity contribution is 6.09. The van der Waals surface area contributed by atoms with Gasteiger partial charge in [0.25, 0.3) is 5.91 Å². The summed E-state index contributed by atoms with van der Waals surface area (Å²) >= 11 is 0. The first kappa shape index (κ1) is 16.8. The molecular weight excluding hydrogens is 326 g/mol. The van der Waals surface area contributed by atoms with Crippen LogP contribution in [0.3, 0.4) is 0 Å². The SMILES string of the molecule is NC(=O)c1cccc2c1C(=O)N(CCCN1CCc3ccccc3C1)C2. The summed E-state index contributed by atoms with van der Waals surface area (Å²) < 4.78 is 0. The number of fused-ring (bicyclic) bond motifs is 2. The highest BCUT2D eigenvalue weighted by Gasteiger charge is 2.30. The number of nitrogens with zero attached hydrogens (tertiary/aromatic N) is 2. The molecule has 134 valence electrons. The number of hydrogen-bond donors (Lipinski definition) is 1. The van der Waals surface area contributed by atoms with E-state index in [2.05, 4.69) is 29.2 Å². The second kappa shape index (κ2) is 6.92. The lowest BCUT2D eigenvalue weighted by molar-refractivity contribution is 0.0765. The first-order valence-corrected chi connectivity index (χ1v) is 9.13. The van der Waals surface area contributed by atoms with E-state index in [1.54, 1.807) is 12.1 Å². The van der Waals surface area contributed by atoms with Crippen LogP contribution < -0.4 is 5.73 Å². The van der Waals surface area contributed by atoms with E-state index in [-0.39, 0.29) is 5.91 Å². The molecule has 0 atom stereocenters. The standard InChI is InChI=1S/C21H23N3O2/c22-20(25)18-8-3-7-17-14-24(21(26)19(17)18)11-4-10-23-12-9-15-5-1-2-6-16(15)13-23/h1-3,5-8H,4,9-14H2,(H2,22,25). The Bertz CT molecular complexity index is 862. The lowest BCUT2D eigenvalue weighted by Crippen LogP contribution is -2.34. The molecule has 0 bridgehead atoms. The van der Waals surface area contributed by atoms with Crippen molar-refractivity contribution in [3.05, 3.63) is 70.3 Å². The second-order valence-electron chi connectivity index (χ2n) is 7.08. The van der Waals surface area contributed by atoms with Crippen molar-refractivity contribution in [3.8, 4) is 0 Å². The van der Waals surface area contributed by atoms with E-state index in [0.29, 0.717) is 24.2 Å². The average molecular weight is 349 g/mol. The van der Waals surface area contributed by atoms with Gasteiger partial charge < -0.3 is 10.6 Å². The molecule has 4 rings (SSSR count). The second-order valence-corrected chi connectivity index (χ2v) is 7.08. The smallest absolute Gasteiger partial charge is 0.255 e. The van der Waals surface area contributed by atoms with Crippen LogP contribution in [-0.4, -0.2) is 41.2 Å². The number of hydrogen-bond acceptors (Lipinski definition) is 3. The van der Waals surface area contributed by atoms with E-state index in [1.807, 2.05) is 11.0 Å². The normalized spacial score (nSPS) is 16.5. The third kappa shape index (κ3) is 3.10. The molecule has 26 heavy (non-hydrogen) atoms. The number of carbonyl (C=O) groups excluding carboxylic acids is 2. The Labute approximate surface area is 153 Å². The lowest BCUT2D eigenvalue weighted by Gasteiger charge is -2.29. The molecule has 5 heteroatoms. The van der Waals surface area contributed by atoms with E-state index >= 15 is 0 Å². The van der Waals surface area contributed by atoms with Crippen molar-refractivity contribution < 1.29 is 9.59 Å². The largest absolute Gasteiger partial charge is 0.366 e. The summed E-state index contributed by atoms with van der Waals surface area (Å²) in [6, 6.07) is 13.9. The maximum Gasteiger partial charge on any atom is 0.255 e. The number of benzene rings is 2. The molecule has 2 amide bonds. The molecular formula is C21H23N3O2. The molecule has 2 aromatic carbocycles. The van der Waals surface area contributed by atoms with E-state index in [4.69, 9.17) is 5.73 Å². The summed E-state index contributed by atoms with van der Waals surface area (Å²) in [5.74, 6) is -0.609. The Kier molecular flexibility index (Phi) is 4.47. The van der Waals surface area contributed by atoms with Crippen molar-refractivity contribution in [2.24, 2.45) is 5.73 Å². The summed E-state index contributed by atoms with van der Waals surface area (Å²) in [4.78, 5) is 28.5. The zero-order valence-corrected chi connectivity index (χ0v) is 14.8. The molecule has 2 heterocycles. The van der Waals surface area contributed by atoms with Gasteiger partial charge in [-0.15, -0.1) is 0 Å². The molecule has 2 aliphatic rings. The van der Waals surface area contributed by atoms with Gasteiger partial charge in [0.2, 0.25) is 5.91 Å². The van der Waals surface area contributed by atoms with Crippen LogP contribution in [0.5, 0.6) is 0 Å². The van der Waals surface area contributed by atoms with E-state index < -0.39 is 5.91 Å². The summed E-state index contributed by atoms with van der Waals surface area (Å²) in [6.07, 6.45) is 2.01. The van der Waals surface area contributed by atoms with Gasteiger partial charge in [0, 0.05) is 32.7 Å². The minimum absolute atomic E-state index is 0.0709. The van der Waals surface area contributed by atoms with Crippen molar-refractivity contribution >= 4 is 11.8 Å². The van der Waals surface area contributed by atoms with Gasteiger partial charge >= 0.3 is 0 Å². The Morgan fingerprint density at radius 2 is 1.73 bits per heavy atom. The minimum Gasteiger partial charge on any atom is -0.366 e. The Morgan fingerprint density at radius 3 is 2.54 bits per heavy atom. The molecule has 5 nitrogen and oxygen atoms in total. The predicted octanol–water partition coefficient (Wildman–Crippen LogP) is 2.19. The fourth-order valence-corrected chi connectivity index (χ4v) is 4.04. The highest BCUT2D eigenvalue weighted by atomic mass is 16.2. The molecule has 2 N–H and O–H groups in total. The maximum absolute atomic E-state index is 12.7. The van der Waals surface area contributed by atoms with E-state index in [1.165, 1.54) is 11.1 Å². The fourth-order valence-electron chi connectivity index (χ4n) is 4.04. The monoisotopic (exact) mass is 349 g/mol. The van der Waals surface area contributed by atoms with Crippen LogP contribution in [0.2, 0.25) is 0 Å². The summed E-state index contributed by atoms with van der Waals surface area (Å²) in [7, 11) is 0. The third-order valence-electron chi connectivity index (χ3n) is 5.39. The van der Waals surface area contributed by atoms with Crippen LogP contribution >= 0.6 is 0 Å². The highest BCUT2D eigenvalue weighted by Crippen LogP contribution is 2.26. The number of primary amides is 1. The van der Waals surface area contributed by atoms with E-state index in [9.17, 15) is 9.59 Å². The minimum atomic E-state index is -0.538. The molecule has 0 saturated carbocycles. The van der Waals surface area contributed by atoms with Gasteiger partial charge in [-0.1, -0.05) is 36.4 Å².